The van der Waals surface area contributed by atoms with Gasteiger partial charge in [-0.15, -0.1) is 0 Å². The van der Waals surface area contributed by atoms with Gasteiger partial charge >= 0.3 is 6.18 Å². The summed E-state index contributed by atoms with van der Waals surface area (Å²) in [5.41, 5.74) is 1.72. The van der Waals surface area contributed by atoms with Crippen molar-refractivity contribution in [1.29, 1.82) is 0 Å². The molecule has 2 heterocycles. The minimum absolute atomic E-state index is 0.0148. The van der Waals surface area contributed by atoms with Gasteiger partial charge in [-0.1, -0.05) is 6.07 Å². The lowest BCUT2D eigenvalue weighted by molar-refractivity contribution is -0.137. The standard InChI is InChI=1S/C21H27F3N4O/c1-15-19(14-20(29)26(3)11-12-27-9-4-5-10-27)16(2)28(25-15)18-8-6-7-17(13-18)21(22,23)24/h6-8,13H,4-5,9-12,14H2,1-3H3. The van der Waals surface area contributed by atoms with E-state index in [4.69, 9.17) is 0 Å². The molecule has 0 unspecified atom stereocenters. The Morgan fingerprint density at radius 3 is 2.55 bits per heavy atom. The Labute approximate surface area is 169 Å². The predicted octanol–water partition coefficient (Wildman–Crippen LogP) is 3.60. The zero-order chi connectivity index (χ0) is 21.2. The first kappa shape index (κ1) is 21.4. The first-order valence-corrected chi connectivity index (χ1v) is 9.86. The largest absolute Gasteiger partial charge is 0.416 e. The second kappa shape index (κ2) is 8.57. The number of carbonyl (C=O) groups is 1. The fourth-order valence-corrected chi connectivity index (χ4v) is 3.70. The van der Waals surface area contributed by atoms with Crippen molar-refractivity contribution in [2.24, 2.45) is 0 Å². The van der Waals surface area contributed by atoms with Crippen molar-refractivity contribution in [2.75, 3.05) is 33.2 Å². The molecule has 1 aliphatic heterocycles. The van der Waals surface area contributed by atoms with Gasteiger partial charge in [-0.2, -0.15) is 18.3 Å². The first-order valence-electron chi connectivity index (χ1n) is 9.86. The van der Waals surface area contributed by atoms with Crippen LogP contribution in [-0.4, -0.2) is 58.7 Å². The average Bonchev–Trinajstić information content (AvgIpc) is 3.29. The van der Waals surface area contributed by atoms with Crippen LogP contribution in [-0.2, 0) is 17.4 Å². The second-order valence-corrected chi connectivity index (χ2v) is 7.65. The summed E-state index contributed by atoms with van der Waals surface area (Å²) in [6, 6.07) is 5.07. The highest BCUT2D eigenvalue weighted by atomic mass is 19.4. The summed E-state index contributed by atoms with van der Waals surface area (Å²) in [5.74, 6) is -0.0148. The summed E-state index contributed by atoms with van der Waals surface area (Å²) in [7, 11) is 1.79. The Morgan fingerprint density at radius 2 is 1.90 bits per heavy atom. The van der Waals surface area contributed by atoms with Crippen LogP contribution in [0.4, 0.5) is 13.2 Å². The number of halogens is 3. The third kappa shape index (κ3) is 4.98. The molecule has 1 fully saturated rings. The number of carbonyl (C=O) groups excluding carboxylic acids is 1. The third-order valence-corrected chi connectivity index (χ3v) is 5.56. The molecule has 1 amide bonds. The van der Waals surface area contributed by atoms with Gasteiger partial charge in [-0.3, -0.25) is 4.79 Å². The van der Waals surface area contributed by atoms with Gasteiger partial charge in [0.15, 0.2) is 0 Å². The molecular weight excluding hydrogens is 381 g/mol. The lowest BCUT2D eigenvalue weighted by Crippen LogP contribution is -2.36. The van der Waals surface area contributed by atoms with E-state index < -0.39 is 11.7 Å². The van der Waals surface area contributed by atoms with Crippen molar-refractivity contribution in [1.82, 2.24) is 19.6 Å². The van der Waals surface area contributed by atoms with E-state index in [9.17, 15) is 18.0 Å². The number of hydrogen-bond donors (Lipinski definition) is 0. The quantitative estimate of drug-likeness (QED) is 0.733. The first-order chi connectivity index (χ1) is 13.7. The zero-order valence-electron chi connectivity index (χ0n) is 17.1. The highest BCUT2D eigenvalue weighted by Crippen LogP contribution is 2.31. The molecule has 1 aromatic heterocycles. The van der Waals surface area contributed by atoms with Crippen LogP contribution in [0.1, 0.15) is 35.4 Å². The van der Waals surface area contributed by atoms with Gasteiger partial charge in [0.1, 0.15) is 0 Å². The van der Waals surface area contributed by atoms with Gasteiger partial charge in [-0.25, -0.2) is 4.68 Å². The van der Waals surface area contributed by atoms with Gasteiger partial charge in [0.25, 0.3) is 0 Å². The SMILES string of the molecule is Cc1nn(-c2cccc(C(F)(F)F)c2)c(C)c1CC(=O)N(C)CCN1CCCC1. The molecule has 0 aliphatic carbocycles. The van der Waals surface area contributed by atoms with E-state index in [0.29, 0.717) is 23.6 Å². The summed E-state index contributed by atoms with van der Waals surface area (Å²) < 4.78 is 40.6. The lowest BCUT2D eigenvalue weighted by Gasteiger charge is -2.21. The second-order valence-electron chi connectivity index (χ2n) is 7.65. The Kier molecular flexibility index (Phi) is 6.31. The molecule has 0 atom stereocenters. The molecule has 0 N–H and O–H groups in total. The van der Waals surface area contributed by atoms with E-state index in [1.54, 1.807) is 31.9 Å². The average molecular weight is 408 g/mol. The highest BCUT2D eigenvalue weighted by molar-refractivity contribution is 5.79. The summed E-state index contributed by atoms with van der Waals surface area (Å²) in [6.07, 6.45) is -1.80. The molecule has 5 nitrogen and oxygen atoms in total. The molecule has 0 bridgehead atoms. The Balaban J connectivity index is 1.73. The summed E-state index contributed by atoms with van der Waals surface area (Å²) >= 11 is 0. The maximum atomic E-state index is 13.0. The Morgan fingerprint density at radius 1 is 1.21 bits per heavy atom. The highest BCUT2D eigenvalue weighted by Gasteiger charge is 2.31. The van der Waals surface area contributed by atoms with Crippen molar-refractivity contribution in [2.45, 2.75) is 39.3 Å². The Hall–Kier alpha value is -2.35. The van der Waals surface area contributed by atoms with Gasteiger partial charge in [-0.05, 0) is 58.0 Å². The Bertz CT molecular complexity index is 869. The number of amides is 1. The maximum Gasteiger partial charge on any atom is 0.416 e. The fourth-order valence-electron chi connectivity index (χ4n) is 3.70. The normalized spacial score (nSPS) is 15.1. The lowest BCUT2D eigenvalue weighted by atomic mass is 10.1. The number of benzene rings is 1. The van der Waals surface area contributed by atoms with Crippen LogP contribution >= 0.6 is 0 Å². The van der Waals surface area contributed by atoms with E-state index in [0.717, 1.165) is 37.3 Å². The monoisotopic (exact) mass is 408 g/mol. The van der Waals surface area contributed by atoms with Crippen LogP contribution in [0, 0.1) is 13.8 Å². The van der Waals surface area contributed by atoms with Crippen molar-refractivity contribution in [3.63, 3.8) is 0 Å². The third-order valence-electron chi connectivity index (χ3n) is 5.56. The molecule has 0 radical (unpaired) electrons. The predicted molar refractivity (Wildman–Crippen MR) is 105 cm³/mol. The van der Waals surface area contributed by atoms with Gasteiger partial charge in [0.05, 0.1) is 23.4 Å². The number of likely N-dealkylation sites (N-methyl/N-ethyl adjacent to an activating group) is 1. The number of rotatable bonds is 6. The number of hydrogen-bond acceptors (Lipinski definition) is 3. The molecular formula is C21H27F3N4O. The number of nitrogens with zero attached hydrogens (tertiary/aromatic N) is 4. The van der Waals surface area contributed by atoms with Crippen LogP contribution in [0.15, 0.2) is 24.3 Å². The van der Waals surface area contributed by atoms with Gasteiger partial charge < -0.3 is 9.80 Å². The van der Waals surface area contributed by atoms with Crippen LogP contribution in [0.3, 0.4) is 0 Å². The van der Waals surface area contributed by atoms with Crippen molar-refractivity contribution >= 4 is 5.91 Å². The minimum atomic E-state index is -4.41. The van der Waals surface area contributed by atoms with Crippen molar-refractivity contribution in [3.8, 4) is 5.69 Å². The van der Waals surface area contributed by atoms with Crippen LogP contribution in [0.25, 0.3) is 5.69 Å². The summed E-state index contributed by atoms with van der Waals surface area (Å²) in [5, 5.41) is 4.40. The van der Waals surface area contributed by atoms with E-state index in [1.165, 1.54) is 23.6 Å². The van der Waals surface area contributed by atoms with E-state index in [2.05, 4.69) is 10.00 Å². The fraction of sp³-hybridized carbons (Fsp3) is 0.524. The molecule has 2 aromatic rings. The van der Waals surface area contributed by atoms with Crippen LogP contribution < -0.4 is 0 Å². The molecule has 29 heavy (non-hydrogen) atoms. The minimum Gasteiger partial charge on any atom is -0.344 e. The molecule has 8 heteroatoms. The van der Waals surface area contributed by atoms with E-state index in [1.807, 2.05) is 0 Å². The molecule has 1 saturated heterocycles. The topological polar surface area (TPSA) is 41.4 Å². The van der Waals surface area contributed by atoms with Gasteiger partial charge in [0, 0.05) is 31.4 Å². The molecule has 1 aliphatic rings. The number of alkyl halides is 3. The number of aromatic nitrogens is 2. The zero-order valence-corrected chi connectivity index (χ0v) is 17.1. The molecule has 1 aromatic carbocycles. The summed E-state index contributed by atoms with van der Waals surface area (Å²) in [6.45, 7) is 7.27. The number of likely N-dealkylation sites (tertiary alicyclic amines) is 1. The smallest absolute Gasteiger partial charge is 0.344 e. The van der Waals surface area contributed by atoms with Crippen LogP contribution in [0.5, 0.6) is 0 Å². The van der Waals surface area contributed by atoms with E-state index in [-0.39, 0.29) is 12.3 Å². The molecule has 158 valence electrons. The molecule has 3 rings (SSSR count). The molecule has 0 spiro atoms. The number of aryl methyl sites for hydroxylation is 1. The summed E-state index contributed by atoms with van der Waals surface area (Å²) in [4.78, 5) is 16.7. The van der Waals surface area contributed by atoms with Crippen molar-refractivity contribution in [3.05, 3.63) is 46.8 Å². The van der Waals surface area contributed by atoms with Crippen molar-refractivity contribution < 1.29 is 18.0 Å². The maximum absolute atomic E-state index is 13.0. The molecule has 0 saturated carbocycles. The van der Waals surface area contributed by atoms with E-state index >= 15 is 0 Å². The van der Waals surface area contributed by atoms with Gasteiger partial charge in [0.2, 0.25) is 5.91 Å². The van der Waals surface area contributed by atoms with Crippen LogP contribution in [0.2, 0.25) is 0 Å².